The highest BCUT2D eigenvalue weighted by Crippen LogP contribution is 2.35. The molecule has 2 amide bonds. The van der Waals surface area contributed by atoms with Crippen LogP contribution in [0.15, 0.2) is 53.6 Å². The van der Waals surface area contributed by atoms with E-state index in [0.717, 1.165) is 35.4 Å². The van der Waals surface area contributed by atoms with E-state index in [1.807, 2.05) is 18.2 Å². The Kier molecular flexibility index (Phi) is 8.81. The molecule has 11 heteroatoms. The molecule has 2 aromatic carbocycles. The molecule has 2 heterocycles. The Morgan fingerprint density at radius 1 is 0.950 bits per heavy atom. The molecule has 0 saturated heterocycles. The summed E-state index contributed by atoms with van der Waals surface area (Å²) in [5.41, 5.74) is 1.31. The number of nitrogens with zero attached hydrogens (tertiary/aromatic N) is 1. The lowest BCUT2D eigenvalue weighted by molar-refractivity contribution is 0.0887. The summed E-state index contributed by atoms with van der Waals surface area (Å²) in [7, 11) is 0. The van der Waals surface area contributed by atoms with Crippen molar-refractivity contribution in [2.45, 2.75) is 49.1 Å². The maximum absolute atomic E-state index is 14.1. The van der Waals surface area contributed by atoms with Gasteiger partial charge in [-0.05, 0) is 74.1 Å². The largest absolute Gasteiger partial charge is 0.490 e. The van der Waals surface area contributed by atoms with E-state index in [-0.39, 0.29) is 48.1 Å². The van der Waals surface area contributed by atoms with E-state index in [9.17, 15) is 18.4 Å². The number of amides is 2. The molecule has 3 N–H and O–H groups in total. The fourth-order valence-corrected chi connectivity index (χ4v) is 5.96. The molecular weight excluding hydrogens is 540 g/mol. The third-order valence-electron chi connectivity index (χ3n) is 6.88. The van der Waals surface area contributed by atoms with Crippen LogP contribution in [-0.4, -0.2) is 53.0 Å². The second kappa shape index (κ2) is 12.6. The number of aliphatic hydroxyl groups excluding tert-OH is 1. The zero-order valence-electron chi connectivity index (χ0n) is 21.6. The number of ether oxygens (including phenoxy) is 2. The van der Waals surface area contributed by atoms with Crippen molar-refractivity contribution in [1.82, 2.24) is 15.6 Å². The Morgan fingerprint density at radius 2 is 1.65 bits per heavy atom. The predicted molar refractivity (Wildman–Crippen MR) is 145 cm³/mol. The van der Waals surface area contributed by atoms with Gasteiger partial charge in [-0.15, -0.1) is 11.8 Å². The molecule has 5 rings (SSSR count). The fourth-order valence-electron chi connectivity index (χ4n) is 4.86. The molecular formula is C29H29F2N3O5S. The lowest BCUT2D eigenvalue weighted by Crippen LogP contribution is -2.44. The molecule has 0 bridgehead atoms. The Hall–Kier alpha value is -3.70. The Labute approximate surface area is 234 Å². The van der Waals surface area contributed by atoms with Gasteiger partial charge in [0.15, 0.2) is 0 Å². The van der Waals surface area contributed by atoms with Crippen molar-refractivity contribution in [1.29, 1.82) is 0 Å². The second-order valence-electron chi connectivity index (χ2n) is 9.68. The average Bonchev–Trinajstić information content (AvgIpc) is 3.42. The number of rotatable bonds is 9. The maximum atomic E-state index is 14.1. The zero-order valence-corrected chi connectivity index (χ0v) is 22.4. The van der Waals surface area contributed by atoms with E-state index >= 15 is 0 Å². The first kappa shape index (κ1) is 27.9. The molecule has 3 aromatic rings. The number of carbonyl (C=O) groups excluding carboxylic acids is 2. The first-order chi connectivity index (χ1) is 19.4. The topological polar surface area (TPSA) is 110 Å². The average molecular weight is 570 g/mol. The minimum atomic E-state index is -0.645. The highest BCUT2D eigenvalue weighted by Gasteiger charge is 2.27. The van der Waals surface area contributed by atoms with Crippen LogP contribution < -0.4 is 20.1 Å². The molecule has 1 saturated carbocycles. The highest BCUT2D eigenvalue weighted by atomic mass is 32.2. The van der Waals surface area contributed by atoms with Crippen LogP contribution in [0.5, 0.6) is 17.4 Å². The van der Waals surface area contributed by atoms with Crippen molar-refractivity contribution in [3.63, 3.8) is 0 Å². The summed E-state index contributed by atoms with van der Waals surface area (Å²) in [6.45, 7) is -0.253. The number of halogens is 2. The minimum Gasteiger partial charge on any atom is -0.490 e. The molecule has 0 radical (unpaired) electrons. The lowest BCUT2D eigenvalue weighted by Gasteiger charge is -2.30. The lowest BCUT2D eigenvalue weighted by atomic mass is 9.90. The van der Waals surface area contributed by atoms with Crippen LogP contribution in [0.25, 0.3) is 0 Å². The minimum absolute atomic E-state index is 0.00471. The first-order valence-corrected chi connectivity index (χ1v) is 14.1. The van der Waals surface area contributed by atoms with Crippen LogP contribution in [0.2, 0.25) is 0 Å². The number of thioether (sulfide) groups is 1. The van der Waals surface area contributed by atoms with Crippen molar-refractivity contribution >= 4 is 23.6 Å². The van der Waals surface area contributed by atoms with E-state index < -0.39 is 23.4 Å². The summed E-state index contributed by atoms with van der Waals surface area (Å²) in [5, 5.41) is 14.8. The molecule has 0 unspecified atom stereocenters. The molecule has 1 aliphatic carbocycles. The van der Waals surface area contributed by atoms with Gasteiger partial charge in [0.25, 0.3) is 11.8 Å². The molecule has 1 aromatic heterocycles. The monoisotopic (exact) mass is 569 g/mol. The SMILES string of the molecule is O=C(NC1CCC(NC(=O)c2cc(F)cnc2Oc2ccc3c(c2)SCC3)CC1)c1cc(F)ccc1OCCO. The number of fused-ring (bicyclic) bond motifs is 1. The van der Waals surface area contributed by atoms with Crippen LogP contribution in [-0.2, 0) is 6.42 Å². The van der Waals surface area contributed by atoms with Gasteiger partial charge in [-0.2, -0.15) is 0 Å². The fraction of sp³-hybridized carbons (Fsp3) is 0.345. The second-order valence-corrected chi connectivity index (χ2v) is 10.8. The van der Waals surface area contributed by atoms with Gasteiger partial charge in [-0.1, -0.05) is 6.07 Å². The summed E-state index contributed by atoms with van der Waals surface area (Å²) >= 11 is 1.74. The van der Waals surface area contributed by atoms with E-state index in [0.29, 0.717) is 31.4 Å². The number of aliphatic hydroxyl groups is 1. The van der Waals surface area contributed by atoms with Crippen LogP contribution in [0.1, 0.15) is 52.0 Å². The van der Waals surface area contributed by atoms with Crippen molar-refractivity contribution < 1.29 is 33.0 Å². The van der Waals surface area contributed by atoms with Gasteiger partial charge in [0.05, 0.1) is 18.4 Å². The number of carbonyl (C=O) groups is 2. The number of pyridine rings is 1. The van der Waals surface area contributed by atoms with E-state index in [1.54, 1.807) is 11.8 Å². The molecule has 0 atom stereocenters. The van der Waals surface area contributed by atoms with Crippen molar-refractivity contribution in [3.05, 3.63) is 77.0 Å². The predicted octanol–water partition coefficient (Wildman–Crippen LogP) is 4.64. The van der Waals surface area contributed by atoms with Gasteiger partial charge in [-0.25, -0.2) is 13.8 Å². The van der Waals surface area contributed by atoms with E-state index in [2.05, 4.69) is 15.6 Å². The number of hydrogen-bond donors (Lipinski definition) is 3. The normalized spacial score (nSPS) is 18.1. The molecule has 40 heavy (non-hydrogen) atoms. The van der Waals surface area contributed by atoms with Crippen LogP contribution in [0.4, 0.5) is 8.78 Å². The first-order valence-electron chi connectivity index (χ1n) is 13.1. The number of aryl methyl sites for hydroxylation is 1. The molecule has 2 aliphatic rings. The van der Waals surface area contributed by atoms with E-state index in [1.165, 1.54) is 17.7 Å². The summed E-state index contributed by atoms with van der Waals surface area (Å²) in [6.07, 6.45) is 4.33. The van der Waals surface area contributed by atoms with Crippen LogP contribution in [0.3, 0.4) is 0 Å². The third-order valence-corrected chi connectivity index (χ3v) is 7.98. The summed E-state index contributed by atoms with van der Waals surface area (Å²) in [6, 6.07) is 10.1. The van der Waals surface area contributed by atoms with Crippen LogP contribution in [0, 0.1) is 11.6 Å². The maximum Gasteiger partial charge on any atom is 0.257 e. The number of benzene rings is 2. The zero-order chi connectivity index (χ0) is 28.1. The smallest absolute Gasteiger partial charge is 0.257 e. The molecule has 8 nitrogen and oxygen atoms in total. The van der Waals surface area contributed by atoms with Crippen molar-refractivity contribution in [3.8, 4) is 17.4 Å². The number of aromatic nitrogens is 1. The van der Waals surface area contributed by atoms with Gasteiger partial charge >= 0.3 is 0 Å². The number of hydrogen-bond acceptors (Lipinski definition) is 7. The third kappa shape index (κ3) is 6.71. The highest BCUT2D eigenvalue weighted by molar-refractivity contribution is 7.99. The van der Waals surface area contributed by atoms with Gasteiger partial charge in [0.2, 0.25) is 5.88 Å². The van der Waals surface area contributed by atoms with Gasteiger partial charge in [0.1, 0.15) is 35.3 Å². The number of nitrogens with one attached hydrogen (secondary N) is 2. The van der Waals surface area contributed by atoms with Gasteiger partial charge in [-0.3, -0.25) is 9.59 Å². The van der Waals surface area contributed by atoms with Crippen LogP contribution >= 0.6 is 11.8 Å². The van der Waals surface area contributed by atoms with Crippen molar-refractivity contribution in [2.75, 3.05) is 19.0 Å². The Bertz CT molecular complexity index is 1400. The Balaban J connectivity index is 1.18. The van der Waals surface area contributed by atoms with Crippen molar-refractivity contribution in [2.24, 2.45) is 0 Å². The standard InChI is InChI=1S/C29H29F2N3O5S/c30-18-2-8-25(38-11-10-35)23(13-18)27(36)33-20-3-5-21(6-4-20)34-28(37)24-14-19(31)16-32-29(24)39-22-7-1-17-9-12-40-26(17)15-22/h1-2,7-8,13-16,20-21,35H,3-6,9-12H2,(H,33,36)(H,34,37). The van der Waals surface area contributed by atoms with Gasteiger partial charge < -0.3 is 25.2 Å². The van der Waals surface area contributed by atoms with E-state index in [4.69, 9.17) is 14.6 Å². The molecule has 210 valence electrons. The van der Waals surface area contributed by atoms with Gasteiger partial charge in [0, 0.05) is 22.7 Å². The molecule has 1 aliphatic heterocycles. The summed E-state index contributed by atoms with van der Waals surface area (Å²) in [5.74, 6) is -0.427. The summed E-state index contributed by atoms with van der Waals surface area (Å²) in [4.78, 5) is 31.1. The quantitative estimate of drug-likeness (QED) is 0.344. The molecule has 1 fully saturated rings. The summed E-state index contributed by atoms with van der Waals surface area (Å²) < 4.78 is 39.1. The Morgan fingerprint density at radius 3 is 2.38 bits per heavy atom. The molecule has 0 spiro atoms.